The SMILES string of the molecule is O=C1c2[nH]nc(-c3ccccc3O)c2[C@H](c2cccc(Cl)c2)N1Cc1ccncc1. The molecule has 6 nitrogen and oxygen atoms in total. The van der Waals surface area contributed by atoms with Crippen LogP contribution in [0.3, 0.4) is 0 Å². The van der Waals surface area contributed by atoms with E-state index in [1.54, 1.807) is 41.6 Å². The number of para-hydroxylation sites is 1. The van der Waals surface area contributed by atoms with Crippen molar-refractivity contribution in [3.8, 4) is 17.0 Å². The van der Waals surface area contributed by atoms with Gasteiger partial charge in [-0.2, -0.15) is 5.10 Å². The first-order valence-electron chi connectivity index (χ1n) is 9.45. The second kappa shape index (κ2) is 7.31. The largest absolute Gasteiger partial charge is 0.507 e. The molecule has 0 bridgehead atoms. The molecule has 1 amide bonds. The van der Waals surface area contributed by atoms with Crippen LogP contribution in [0.25, 0.3) is 11.3 Å². The van der Waals surface area contributed by atoms with Crippen LogP contribution in [0, 0.1) is 0 Å². The number of nitrogens with zero attached hydrogens (tertiary/aromatic N) is 3. The Labute approximate surface area is 177 Å². The first kappa shape index (κ1) is 18.4. The van der Waals surface area contributed by atoms with Crippen molar-refractivity contribution in [3.05, 3.63) is 100 Å². The number of hydrogen-bond donors (Lipinski definition) is 2. The quantitative estimate of drug-likeness (QED) is 0.510. The van der Waals surface area contributed by atoms with Gasteiger partial charge in [0.15, 0.2) is 0 Å². The number of amides is 1. The summed E-state index contributed by atoms with van der Waals surface area (Å²) in [6.07, 6.45) is 3.41. The standard InChI is InChI=1S/C23H17ClN4O2/c24-16-5-3-4-15(12-16)22-19-20(17-6-1-2-7-18(17)29)26-27-21(19)23(30)28(22)13-14-8-10-25-11-9-14/h1-12,22,29H,13H2,(H,26,27)/t22-/m0/s1. The molecule has 0 radical (unpaired) electrons. The number of nitrogens with one attached hydrogen (secondary N) is 1. The number of carbonyl (C=O) groups is 1. The monoisotopic (exact) mass is 416 g/mol. The molecule has 7 heteroatoms. The Morgan fingerprint density at radius 1 is 1.07 bits per heavy atom. The van der Waals surface area contributed by atoms with Crippen LogP contribution in [-0.2, 0) is 6.54 Å². The van der Waals surface area contributed by atoms with Crippen LogP contribution in [-0.4, -0.2) is 31.1 Å². The number of phenols is 1. The Morgan fingerprint density at radius 3 is 2.63 bits per heavy atom. The number of hydrogen-bond acceptors (Lipinski definition) is 4. The van der Waals surface area contributed by atoms with Gasteiger partial charge in [0.1, 0.15) is 17.1 Å². The van der Waals surface area contributed by atoms with Crippen LogP contribution in [0.4, 0.5) is 0 Å². The molecule has 0 spiro atoms. The van der Waals surface area contributed by atoms with Crippen LogP contribution in [0.5, 0.6) is 5.75 Å². The first-order chi connectivity index (χ1) is 14.6. The fraction of sp³-hybridized carbons (Fsp3) is 0.0870. The summed E-state index contributed by atoms with van der Waals surface area (Å²) in [5, 5.41) is 18.3. The van der Waals surface area contributed by atoms with Crippen molar-refractivity contribution < 1.29 is 9.90 Å². The summed E-state index contributed by atoms with van der Waals surface area (Å²) in [7, 11) is 0. The predicted molar refractivity (Wildman–Crippen MR) is 113 cm³/mol. The van der Waals surface area contributed by atoms with Crippen LogP contribution in [0.15, 0.2) is 73.1 Å². The maximum Gasteiger partial charge on any atom is 0.273 e. The number of phenolic OH excluding ortho intramolecular Hbond substituents is 1. The molecule has 0 saturated heterocycles. The van der Waals surface area contributed by atoms with Crippen molar-refractivity contribution in [1.29, 1.82) is 0 Å². The molecular formula is C23H17ClN4O2. The minimum Gasteiger partial charge on any atom is -0.507 e. The number of aromatic nitrogens is 3. The Balaban J connectivity index is 1.68. The number of carbonyl (C=O) groups excluding carboxylic acids is 1. The molecule has 0 saturated carbocycles. The number of pyridine rings is 1. The van der Waals surface area contributed by atoms with Crippen molar-refractivity contribution in [1.82, 2.24) is 20.1 Å². The zero-order valence-electron chi connectivity index (χ0n) is 15.8. The van der Waals surface area contributed by atoms with Gasteiger partial charge in [-0.15, -0.1) is 0 Å². The smallest absolute Gasteiger partial charge is 0.273 e. The van der Waals surface area contributed by atoms with Crippen LogP contribution in [0.2, 0.25) is 5.02 Å². The van der Waals surface area contributed by atoms with Crippen LogP contribution >= 0.6 is 11.6 Å². The molecule has 30 heavy (non-hydrogen) atoms. The zero-order valence-corrected chi connectivity index (χ0v) is 16.5. The maximum absolute atomic E-state index is 13.3. The molecule has 5 rings (SSSR count). The number of rotatable bonds is 4. The average Bonchev–Trinajstić information content (AvgIpc) is 3.29. The Hall–Kier alpha value is -3.64. The summed E-state index contributed by atoms with van der Waals surface area (Å²) in [6, 6.07) is 17.8. The molecular weight excluding hydrogens is 400 g/mol. The Morgan fingerprint density at radius 2 is 1.87 bits per heavy atom. The summed E-state index contributed by atoms with van der Waals surface area (Å²) >= 11 is 6.28. The molecule has 0 fully saturated rings. The molecule has 4 aromatic rings. The lowest BCUT2D eigenvalue weighted by atomic mass is 9.95. The van der Waals surface area contributed by atoms with Gasteiger partial charge in [0.05, 0.1) is 6.04 Å². The second-order valence-electron chi connectivity index (χ2n) is 7.12. The highest BCUT2D eigenvalue weighted by atomic mass is 35.5. The van der Waals surface area contributed by atoms with E-state index >= 15 is 0 Å². The number of fused-ring (bicyclic) bond motifs is 1. The van der Waals surface area contributed by atoms with E-state index in [0.29, 0.717) is 28.5 Å². The summed E-state index contributed by atoms with van der Waals surface area (Å²) < 4.78 is 0. The fourth-order valence-electron chi connectivity index (χ4n) is 3.95. The zero-order chi connectivity index (χ0) is 20.7. The highest BCUT2D eigenvalue weighted by Crippen LogP contribution is 2.45. The number of benzene rings is 2. The fourth-order valence-corrected chi connectivity index (χ4v) is 4.15. The summed E-state index contributed by atoms with van der Waals surface area (Å²) in [6.45, 7) is 0.404. The first-order valence-corrected chi connectivity index (χ1v) is 9.83. The van der Waals surface area contributed by atoms with Gasteiger partial charge in [-0.25, -0.2) is 0 Å². The highest BCUT2D eigenvalue weighted by molar-refractivity contribution is 6.30. The van der Waals surface area contributed by atoms with E-state index in [1.165, 1.54) is 0 Å². The van der Waals surface area contributed by atoms with Crippen molar-refractivity contribution >= 4 is 17.5 Å². The van der Waals surface area contributed by atoms with Gasteiger partial charge in [0.25, 0.3) is 5.91 Å². The number of aromatic amines is 1. The van der Waals surface area contributed by atoms with Gasteiger partial charge < -0.3 is 10.0 Å². The van der Waals surface area contributed by atoms with Gasteiger partial charge in [-0.05, 0) is 47.5 Å². The van der Waals surface area contributed by atoms with Crippen LogP contribution in [0.1, 0.15) is 33.2 Å². The van der Waals surface area contributed by atoms with E-state index in [2.05, 4.69) is 15.2 Å². The minimum atomic E-state index is -0.396. The second-order valence-corrected chi connectivity index (χ2v) is 7.56. The lowest BCUT2D eigenvalue weighted by molar-refractivity contribution is 0.0730. The van der Waals surface area contributed by atoms with E-state index in [1.807, 2.05) is 36.4 Å². The van der Waals surface area contributed by atoms with Crippen molar-refractivity contribution in [2.75, 3.05) is 0 Å². The van der Waals surface area contributed by atoms with Crippen LogP contribution < -0.4 is 0 Å². The third-order valence-corrected chi connectivity index (χ3v) is 5.52. The van der Waals surface area contributed by atoms with E-state index in [4.69, 9.17) is 11.6 Å². The van der Waals surface area contributed by atoms with Gasteiger partial charge >= 0.3 is 0 Å². The molecule has 0 unspecified atom stereocenters. The van der Waals surface area contributed by atoms with Gasteiger partial charge in [-0.1, -0.05) is 35.9 Å². The van der Waals surface area contributed by atoms with E-state index < -0.39 is 6.04 Å². The van der Waals surface area contributed by atoms with E-state index in [9.17, 15) is 9.90 Å². The summed E-state index contributed by atoms with van der Waals surface area (Å²) in [5.41, 5.74) is 4.12. The molecule has 2 aromatic carbocycles. The molecule has 3 heterocycles. The Kier molecular flexibility index (Phi) is 4.48. The van der Waals surface area contributed by atoms with Gasteiger partial charge in [-0.3, -0.25) is 14.9 Å². The maximum atomic E-state index is 13.3. The molecule has 0 aliphatic carbocycles. The minimum absolute atomic E-state index is 0.108. The lowest BCUT2D eigenvalue weighted by Gasteiger charge is -2.26. The molecule has 2 aromatic heterocycles. The Bertz CT molecular complexity index is 1240. The topological polar surface area (TPSA) is 82.1 Å². The molecule has 1 aliphatic heterocycles. The third-order valence-electron chi connectivity index (χ3n) is 5.29. The van der Waals surface area contributed by atoms with E-state index in [0.717, 1.165) is 16.7 Å². The highest BCUT2D eigenvalue weighted by Gasteiger charge is 2.42. The lowest BCUT2D eigenvalue weighted by Crippen LogP contribution is -2.29. The van der Waals surface area contributed by atoms with Crippen molar-refractivity contribution in [3.63, 3.8) is 0 Å². The van der Waals surface area contributed by atoms with Crippen molar-refractivity contribution in [2.45, 2.75) is 12.6 Å². The summed E-state index contributed by atoms with van der Waals surface area (Å²) in [4.78, 5) is 19.2. The number of halogens is 1. The number of aromatic hydroxyl groups is 1. The predicted octanol–water partition coefficient (Wildman–Crippen LogP) is 4.58. The number of H-pyrrole nitrogens is 1. The third kappa shape index (κ3) is 3.02. The van der Waals surface area contributed by atoms with Gasteiger partial charge in [0, 0.05) is 35.1 Å². The average molecular weight is 417 g/mol. The van der Waals surface area contributed by atoms with E-state index in [-0.39, 0.29) is 11.7 Å². The summed E-state index contributed by atoms with van der Waals surface area (Å²) in [5.74, 6) is -0.0439. The van der Waals surface area contributed by atoms with Gasteiger partial charge in [0.2, 0.25) is 0 Å². The molecule has 1 atom stereocenters. The molecule has 148 valence electrons. The molecule has 2 N–H and O–H groups in total. The molecule has 1 aliphatic rings. The van der Waals surface area contributed by atoms with Crippen molar-refractivity contribution in [2.24, 2.45) is 0 Å². The normalized spacial score (nSPS) is 15.4.